The van der Waals surface area contributed by atoms with Crippen LogP contribution in [-0.4, -0.2) is 22.7 Å². The summed E-state index contributed by atoms with van der Waals surface area (Å²) < 4.78 is 37.3. The van der Waals surface area contributed by atoms with Gasteiger partial charge in [-0.1, -0.05) is 6.07 Å². The molecule has 0 saturated carbocycles. The van der Waals surface area contributed by atoms with Gasteiger partial charge in [0.25, 0.3) is 5.72 Å². The molecule has 0 aromatic carbocycles. The van der Waals surface area contributed by atoms with Gasteiger partial charge in [-0.3, -0.25) is 5.43 Å². The number of nitrogens with zero attached hydrogens (tertiary/aromatic N) is 1. The standard InChI is InChI=1S/C10H9F3N2OS/c11-10(12,13)9(16)6-7(14-15-9)3-4-8-2-1-5-17-8/h1-5,15-16H,6H2. The highest BCUT2D eigenvalue weighted by molar-refractivity contribution is 7.10. The van der Waals surface area contributed by atoms with Crippen molar-refractivity contribution in [2.75, 3.05) is 0 Å². The molecule has 0 amide bonds. The summed E-state index contributed by atoms with van der Waals surface area (Å²) in [6.45, 7) is 0. The zero-order chi connectivity index (χ0) is 12.5. The Hall–Kier alpha value is -1.34. The Kier molecular flexibility index (Phi) is 2.96. The molecule has 1 aromatic heterocycles. The van der Waals surface area contributed by atoms with Gasteiger partial charge >= 0.3 is 6.18 Å². The highest BCUT2D eigenvalue weighted by Crippen LogP contribution is 2.34. The predicted molar refractivity (Wildman–Crippen MR) is 59.5 cm³/mol. The van der Waals surface area contributed by atoms with Crippen LogP contribution in [0.4, 0.5) is 13.2 Å². The number of hydrogen-bond acceptors (Lipinski definition) is 4. The molecule has 3 nitrogen and oxygen atoms in total. The number of allylic oxidation sites excluding steroid dienone is 1. The summed E-state index contributed by atoms with van der Waals surface area (Å²) in [6, 6.07) is 3.67. The van der Waals surface area contributed by atoms with E-state index in [-0.39, 0.29) is 5.71 Å². The smallest absolute Gasteiger partial charge is 0.362 e. The van der Waals surface area contributed by atoms with Gasteiger partial charge in [-0.15, -0.1) is 11.3 Å². The van der Waals surface area contributed by atoms with Gasteiger partial charge in [-0.05, 0) is 23.6 Å². The third kappa shape index (κ3) is 2.50. The summed E-state index contributed by atoms with van der Waals surface area (Å²) >= 11 is 1.46. The van der Waals surface area contributed by atoms with Crippen LogP contribution in [-0.2, 0) is 0 Å². The molecule has 0 aliphatic carbocycles. The predicted octanol–water partition coefficient (Wildman–Crippen LogP) is 2.36. The van der Waals surface area contributed by atoms with Crippen molar-refractivity contribution in [3.63, 3.8) is 0 Å². The van der Waals surface area contributed by atoms with Gasteiger partial charge in [0.1, 0.15) is 0 Å². The Balaban J connectivity index is 2.03. The minimum atomic E-state index is -4.74. The lowest BCUT2D eigenvalue weighted by atomic mass is 10.1. The fourth-order valence-electron chi connectivity index (χ4n) is 1.33. The maximum Gasteiger partial charge on any atom is 0.438 e. The number of hydrazone groups is 1. The van der Waals surface area contributed by atoms with Crippen molar-refractivity contribution in [2.45, 2.75) is 18.3 Å². The number of halogens is 3. The summed E-state index contributed by atoms with van der Waals surface area (Å²) in [5, 5.41) is 14.6. The molecule has 1 atom stereocenters. The monoisotopic (exact) mass is 262 g/mol. The quantitative estimate of drug-likeness (QED) is 0.859. The number of hydrogen-bond donors (Lipinski definition) is 2. The van der Waals surface area contributed by atoms with Gasteiger partial charge in [0.15, 0.2) is 0 Å². The maximum atomic E-state index is 12.4. The number of aliphatic hydroxyl groups is 1. The molecule has 0 radical (unpaired) electrons. The van der Waals surface area contributed by atoms with Crippen LogP contribution in [0.3, 0.4) is 0 Å². The van der Waals surface area contributed by atoms with Gasteiger partial charge < -0.3 is 5.11 Å². The Bertz CT molecular complexity index is 453. The Morgan fingerprint density at radius 1 is 1.47 bits per heavy atom. The third-order valence-electron chi connectivity index (χ3n) is 2.27. The first-order valence-electron chi connectivity index (χ1n) is 4.75. The molecule has 1 aromatic rings. The lowest BCUT2D eigenvalue weighted by molar-refractivity contribution is -0.266. The van der Waals surface area contributed by atoms with Gasteiger partial charge in [0.2, 0.25) is 0 Å². The van der Waals surface area contributed by atoms with Crippen molar-refractivity contribution in [3.8, 4) is 0 Å². The van der Waals surface area contributed by atoms with Crippen LogP contribution in [0.2, 0.25) is 0 Å². The van der Waals surface area contributed by atoms with E-state index in [0.29, 0.717) is 0 Å². The van der Waals surface area contributed by atoms with E-state index in [9.17, 15) is 18.3 Å². The SMILES string of the molecule is OC1(C(F)(F)F)CC(C=Cc2cccs2)=NN1. The molecule has 1 aliphatic rings. The van der Waals surface area contributed by atoms with Crippen molar-refractivity contribution >= 4 is 23.1 Å². The second-order valence-corrected chi connectivity index (χ2v) is 4.58. The van der Waals surface area contributed by atoms with Gasteiger partial charge in [-0.25, -0.2) is 0 Å². The number of thiophene rings is 1. The third-order valence-corrected chi connectivity index (χ3v) is 3.11. The number of alkyl halides is 3. The first-order valence-corrected chi connectivity index (χ1v) is 5.63. The highest BCUT2D eigenvalue weighted by Gasteiger charge is 2.56. The molecule has 0 bridgehead atoms. The van der Waals surface area contributed by atoms with Crippen molar-refractivity contribution in [1.82, 2.24) is 5.43 Å². The molecular weight excluding hydrogens is 253 g/mol. The molecule has 0 saturated heterocycles. The molecule has 1 unspecified atom stereocenters. The summed E-state index contributed by atoms with van der Waals surface area (Å²) in [7, 11) is 0. The van der Waals surface area contributed by atoms with E-state index in [1.54, 1.807) is 11.5 Å². The summed E-state index contributed by atoms with van der Waals surface area (Å²) in [5.41, 5.74) is -1.05. The topological polar surface area (TPSA) is 44.6 Å². The second kappa shape index (κ2) is 4.15. The molecule has 7 heteroatoms. The molecule has 2 rings (SSSR count). The molecule has 1 aliphatic heterocycles. The number of nitrogens with one attached hydrogen (secondary N) is 1. The summed E-state index contributed by atoms with van der Waals surface area (Å²) in [5.74, 6) is 0. The Morgan fingerprint density at radius 3 is 2.76 bits per heavy atom. The van der Waals surface area contributed by atoms with Crippen LogP contribution < -0.4 is 5.43 Å². The van der Waals surface area contributed by atoms with Crippen molar-refractivity contribution in [1.29, 1.82) is 0 Å². The summed E-state index contributed by atoms with van der Waals surface area (Å²) in [6.07, 6.45) is -2.21. The average molecular weight is 262 g/mol. The first-order chi connectivity index (χ1) is 7.91. The number of rotatable bonds is 2. The Labute approximate surface area is 99.3 Å². The van der Waals surface area contributed by atoms with Crippen molar-refractivity contribution in [2.24, 2.45) is 5.10 Å². The minimum absolute atomic E-state index is 0.165. The van der Waals surface area contributed by atoms with E-state index in [1.807, 2.05) is 17.5 Å². The lowest BCUT2D eigenvalue weighted by Gasteiger charge is -2.24. The van der Waals surface area contributed by atoms with E-state index < -0.39 is 18.3 Å². The van der Waals surface area contributed by atoms with Gasteiger partial charge in [-0.2, -0.15) is 18.3 Å². The lowest BCUT2D eigenvalue weighted by Crippen LogP contribution is -2.52. The fraction of sp³-hybridized carbons (Fsp3) is 0.300. The minimum Gasteiger partial charge on any atom is -0.362 e. The van der Waals surface area contributed by atoms with E-state index in [1.165, 1.54) is 17.4 Å². The van der Waals surface area contributed by atoms with Crippen molar-refractivity contribution in [3.05, 3.63) is 28.5 Å². The maximum absolute atomic E-state index is 12.4. The van der Waals surface area contributed by atoms with Crippen LogP contribution in [0.15, 0.2) is 28.7 Å². The van der Waals surface area contributed by atoms with E-state index >= 15 is 0 Å². The van der Waals surface area contributed by atoms with E-state index in [2.05, 4.69) is 5.10 Å². The largest absolute Gasteiger partial charge is 0.438 e. The van der Waals surface area contributed by atoms with Gasteiger partial charge in [0.05, 0.1) is 12.1 Å². The fourth-order valence-corrected chi connectivity index (χ4v) is 1.95. The zero-order valence-electron chi connectivity index (χ0n) is 8.53. The average Bonchev–Trinajstić information content (AvgIpc) is 2.83. The summed E-state index contributed by atoms with van der Waals surface area (Å²) in [4.78, 5) is 0.912. The van der Waals surface area contributed by atoms with E-state index in [4.69, 9.17) is 0 Å². The van der Waals surface area contributed by atoms with Gasteiger partial charge in [0, 0.05) is 4.88 Å². The Morgan fingerprint density at radius 2 is 2.24 bits per heavy atom. The van der Waals surface area contributed by atoms with Crippen LogP contribution >= 0.6 is 11.3 Å². The van der Waals surface area contributed by atoms with Crippen LogP contribution in [0.25, 0.3) is 6.08 Å². The van der Waals surface area contributed by atoms with Crippen LogP contribution in [0.5, 0.6) is 0 Å². The molecular formula is C10H9F3N2OS. The normalized spacial score (nSPS) is 25.1. The highest BCUT2D eigenvalue weighted by atomic mass is 32.1. The van der Waals surface area contributed by atoms with Crippen LogP contribution in [0.1, 0.15) is 11.3 Å². The molecule has 2 N–H and O–H groups in total. The van der Waals surface area contributed by atoms with E-state index in [0.717, 1.165) is 4.88 Å². The molecule has 0 spiro atoms. The zero-order valence-corrected chi connectivity index (χ0v) is 9.35. The van der Waals surface area contributed by atoms with Crippen LogP contribution in [0, 0.1) is 0 Å². The molecule has 2 heterocycles. The molecule has 17 heavy (non-hydrogen) atoms. The second-order valence-electron chi connectivity index (χ2n) is 3.60. The molecule has 92 valence electrons. The first kappa shape index (κ1) is 12.1. The van der Waals surface area contributed by atoms with Crippen molar-refractivity contribution < 1.29 is 18.3 Å². The molecule has 0 fully saturated rings.